The first kappa shape index (κ1) is 11.6. The number of hydrogen-bond donors (Lipinski definition) is 1. The zero-order valence-electron chi connectivity index (χ0n) is 8.65. The first-order chi connectivity index (χ1) is 8.08. The Balaban J connectivity index is 2.58. The van der Waals surface area contributed by atoms with E-state index in [4.69, 9.17) is 16.7 Å². The van der Waals surface area contributed by atoms with E-state index in [2.05, 4.69) is 0 Å². The number of carboxylic acids is 1. The summed E-state index contributed by atoms with van der Waals surface area (Å²) in [6, 6.07) is 10.2. The molecule has 2 aromatic carbocycles. The van der Waals surface area contributed by atoms with Crippen molar-refractivity contribution in [1.82, 2.24) is 0 Å². The van der Waals surface area contributed by atoms with Crippen LogP contribution in [-0.2, 0) is 0 Å². The first-order valence-corrected chi connectivity index (χ1v) is 5.24. The highest BCUT2D eigenvalue weighted by Crippen LogP contribution is 2.26. The lowest BCUT2D eigenvalue weighted by Gasteiger charge is -2.06. The molecule has 2 rings (SSSR count). The van der Waals surface area contributed by atoms with E-state index < -0.39 is 5.97 Å². The molecule has 0 heterocycles. The second-order valence-corrected chi connectivity index (χ2v) is 3.94. The van der Waals surface area contributed by atoms with E-state index in [1.54, 1.807) is 12.1 Å². The second-order valence-electron chi connectivity index (χ2n) is 3.50. The number of halogens is 2. The van der Waals surface area contributed by atoms with Crippen LogP contribution in [0.4, 0.5) is 4.39 Å². The number of carboxylic acid groups (broad SMARTS) is 1. The fraction of sp³-hybridized carbons (Fsp3) is 0. The van der Waals surface area contributed by atoms with Crippen LogP contribution in [-0.4, -0.2) is 11.1 Å². The summed E-state index contributed by atoms with van der Waals surface area (Å²) in [5.41, 5.74) is 1.26. The van der Waals surface area contributed by atoms with Crippen molar-refractivity contribution in [3.63, 3.8) is 0 Å². The van der Waals surface area contributed by atoms with Crippen LogP contribution in [0.1, 0.15) is 10.4 Å². The summed E-state index contributed by atoms with van der Waals surface area (Å²) in [5.74, 6) is -1.42. The van der Waals surface area contributed by atoms with Crippen LogP contribution in [0.5, 0.6) is 0 Å². The lowest BCUT2D eigenvalue weighted by molar-refractivity contribution is 0.0697. The molecule has 86 valence electrons. The number of benzene rings is 2. The molecule has 17 heavy (non-hydrogen) atoms. The summed E-state index contributed by atoms with van der Waals surface area (Å²) in [6.07, 6.45) is 0. The highest BCUT2D eigenvalue weighted by Gasteiger charge is 2.12. The van der Waals surface area contributed by atoms with Crippen molar-refractivity contribution in [2.24, 2.45) is 0 Å². The van der Waals surface area contributed by atoms with Crippen molar-refractivity contribution in [2.75, 3.05) is 0 Å². The molecule has 0 spiro atoms. The number of aromatic carboxylic acids is 1. The van der Waals surface area contributed by atoms with E-state index in [1.807, 2.05) is 0 Å². The van der Waals surface area contributed by atoms with Crippen molar-refractivity contribution in [1.29, 1.82) is 0 Å². The molecule has 0 amide bonds. The Morgan fingerprint density at radius 3 is 2.35 bits per heavy atom. The monoisotopic (exact) mass is 250 g/mol. The summed E-state index contributed by atoms with van der Waals surface area (Å²) < 4.78 is 12.8. The van der Waals surface area contributed by atoms with Gasteiger partial charge < -0.3 is 5.11 Å². The number of rotatable bonds is 2. The van der Waals surface area contributed by atoms with Crippen LogP contribution in [0.2, 0.25) is 5.02 Å². The molecule has 0 unspecified atom stereocenters. The maximum Gasteiger partial charge on any atom is 0.336 e. The van der Waals surface area contributed by atoms with Crippen molar-refractivity contribution >= 4 is 17.6 Å². The van der Waals surface area contributed by atoms with E-state index in [0.717, 1.165) is 0 Å². The topological polar surface area (TPSA) is 37.3 Å². The third kappa shape index (κ3) is 2.45. The lowest BCUT2D eigenvalue weighted by atomic mass is 10.00. The van der Waals surface area contributed by atoms with Crippen LogP contribution < -0.4 is 0 Å². The average Bonchev–Trinajstić information content (AvgIpc) is 2.30. The van der Waals surface area contributed by atoms with Gasteiger partial charge in [0.15, 0.2) is 0 Å². The van der Waals surface area contributed by atoms with Crippen molar-refractivity contribution in [2.45, 2.75) is 0 Å². The molecular weight excluding hydrogens is 243 g/mol. The predicted octanol–water partition coefficient (Wildman–Crippen LogP) is 3.84. The lowest BCUT2D eigenvalue weighted by Crippen LogP contribution is -1.99. The quantitative estimate of drug-likeness (QED) is 0.879. The molecule has 0 saturated carbocycles. The van der Waals surface area contributed by atoms with Crippen LogP contribution in [0.15, 0.2) is 42.5 Å². The van der Waals surface area contributed by atoms with Gasteiger partial charge in [-0.25, -0.2) is 9.18 Å². The molecule has 0 fully saturated rings. The van der Waals surface area contributed by atoms with Gasteiger partial charge in [-0.05, 0) is 35.4 Å². The molecule has 4 heteroatoms. The van der Waals surface area contributed by atoms with Crippen LogP contribution >= 0.6 is 11.6 Å². The standard InChI is InChI=1S/C13H8ClFO2/c14-9-3-6-11(12(7-9)13(16)17)8-1-4-10(15)5-2-8/h1-7H,(H,16,17). The zero-order chi connectivity index (χ0) is 12.4. The van der Waals surface area contributed by atoms with Crippen LogP contribution in [0.3, 0.4) is 0 Å². The second kappa shape index (κ2) is 4.55. The zero-order valence-corrected chi connectivity index (χ0v) is 9.41. The fourth-order valence-electron chi connectivity index (χ4n) is 1.57. The average molecular weight is 251 g/mol. The van der Waals surface area contributed by atoms with E-state index in [0.29, 0.717) is 16.1 Å². The Morgan fingerprint density at radius 2 is 1.76 bits per heavy atom. The minimum absolute atomic E-state index is 0.101. The highest BCUT2D eigenvalue weighted by atomic mass is 35.5. The minimum atomic E-state index is -1.06. The van der Waals surface area contributed by atoms with Crippen LogP contribution in [0, 0.1) is 5.82 Å². The van der Waals surface area contributed by atoms with Gasteiger partial charge in [-0.15, -0.1) is 0 Å². The first-order valence-electron chi connectivity index (χ1n) is 4.87. The molecule has 1 N–H and O–H groups in total. The Morgan fingerprint density at radius 1 is 1.12 bits per heavy atom. The van der Waals surface area contributed by atoms with Gasteiger partial charge in [0.1, 0.15) is 5.82 Å². The van der Waals surface area contributed by atoms with Gasteiger partial charge in [-0.1, -0.05) is 29.8 Å². The molecule has 0 aliphatic carbocycles. The maximum atomic E-state index is 12.8. The molecule has 2 nitrogen and oxygen atoms in total. The number of hydrogen-bond acceptors (Lipinski definition) is 1. The SMILES string of the molecule is O=C(O)c1cc(Cl)ccc1-c1ccc(F)cc1. The van der Waals surface area contributed by atoms with E-state index in [1.165, 1.54) is 30.3 Å². The normalized spacial score (nSPS) is 10.2. The summed E-state index contributed by atoms with van der Waals surface area (Å²) in [7, 11) is 0. The largest absolute Gasteiger partial charge is 0.478 e. The molecule has 0 atom stereocenters. The molecule has 0 aliphatic rings. The number of carbonyl (C=O) groups is 1. The minimum Gasteiger partial charge on any atom is -0.478 e. The summed E-state index contributed by atoms with van der Waals surface area (Å²) >= 11 is 5.75. The fourth-order valence-corrected chi connectivity index (χ4v) is 1.75. The molecular formula is C13H8ClFO2. The molecule has 2 aromatic rings. The van der Waals surface area contributed by atoms with Gasteiger partial charge in [0.05, 0.1) is 5.56 Å². The molecule has 0 radical (unpaired) electrons. The van der Waals surface area contributed by atoms with Crippen LogP contribution in [0.25, 0.3) is 11.1 Å². The maximum absolute atomic E-state index is 12.8. The third-order valence-electron chi connectivity index (χ3n) is 2.37. The molecule has 0 aromatic heterocycles. The molecule has 0 saturated heterocycles. The highest BCUT2D eigenvalue weighted by molar-refractivity contribution is 6.31. The Hall–Kier alpha value is -1.87. The van der Waals surface area contributed by atoms with Gasteiger partial charge in [0, 0.05) is 5.02 Å². The van der Waals surface area contributed by atoms with Gasteiger partial charge in [-0.3, -0.25) is 0 Å². The summed E-state index contributed by atoms with van der Waals surface area (Å²) in [5, 5.41) is 9.43. The van der Waals surface area contributed by atoms with E-state index >= 15 is 0 Å². The Kier molecular flexibility index (Phi) is 3.11. The Labute approximate surface area is 102 Å². The van der Waals surface area contributed by atoms with Crippen molar-refractivity contribution in [3.05, 3.63) is 58.9 Å². The van der Waals surface area contributed by atoms with E-state index in [9.17, 15) is 9.18 Å². The van der Waals surface area contributed by atoms with Gasteiger partial charge in [-0.2, -0.15) is 0 Å². The van der Waals surface area contributed by atoms with Crippen molar-refractivity contribution < 1.29 is 14.3 Å². The Bertz CT molecular complexity index is 564. The van der Waals surface area contributed by atoms with E-state index in [-0.39, 0.29) is 11.4 Å². The van der Waals surface area contributed by atoms with Gasteiger partial charge >= 0.3 is 5.97 Å². The van der Waals surface area contributed by atoms with Gasteiger partial charge in [0.25, 0.3) is 0 Å². The smallest absolute Gasteiger partial charge is 0.336 e. The predicted molar refractivity (Wildman–Crippen MR) is 63.8 cm³/mol. The van der Waals surface area contributed by atoms with Crippen molar-refractivity contribution in [3.8, 4) is 11.1 Å². The summed E-state index contributed by atoms with van der Waals surface area (Å²) in [6.45, 7) is 0. The third-order valence-corrected chi connectivity index (χ3v) is 2.60. The molecule has 0 bridgehead atoms. The van der Waals surface area contributed by atoms with Gasteiger partial charge in [0.2, 0.25) is 0 Å². The molecule has 0 aliphatic heterocycles. The summed E-state index contributed by atoms with van der Waals surface area (Å²) in [4.78, 5) is 11.1.